The van der Waals surface area contributed by atoms with Crippen LogP contribution in [-0.2, 0) is 6.42 Å². The van der Waals surface area contributed by atoms with E-state index in [0.717, 1.165) is 12.1 Å². The Kier molecular flexibility index (Phi) is 6.13. The Hall–Kier alpha value is -3.31. The topological polar surface area (TPSA) is 136 Å². The largest absolute Gasteiger partial charge is 0.478 e. The summed E-state index contributed by atoms with van der Waals surface area (Å²) in [6.45, 7) is 0. The van der Waals surface area contributed by atoms with Gasteiger partial charge in [0.15, 0.2) is 16.2 Å². The van der Waals surface area contributed by atoms with Gasteiger partial charge in [0.1, 0.15) is 17.1 Å². The van der Waals surface area contributed by atoms with Crippen LogP contribution < -0.4 is 10.5 Å². The zero-order valence-electron chi connectivity index (χ0n) is 14.9. The highest BCUT2D eigenvalue weighted by atomic mass is 79.9. The second kappa shape index (κ2) is 8.59. The molecule has 0 radical (unpaired) electrons. The Bertz CT molecular complexity index is 1120. The highest BCUT2D eigenvalue weighted by Gasteiger charge is 2.22. The van der Waals surface area contributed by atoms with Crippen molar-refractivity contribution in [2.24, 2.45) is 5.73 Å². The van der Waals surface area contributed by atoms with Gasteiger partial charge >= 0.3 is 5.97 Å². The summed E-state index contributed by atoms with van der Waals surface area (Å²) < 4.78 is 38.3. The molecule has 0 aliphatic rings. The summed E-state index contributed by atoms with van der Waals surface area (Å²) in [5.74, 6) is -5.45. The highest BCUT2D eigenvalue weighted by molar-refractivity contribution is 9.10. The average Bonchev–Trinajstić information content (AvgIpc) is 3.04. The van der Waals surface area contributed by atoms with Crippen LogP contribution in [0, 0.1) is 11.6 Å². The van der Waals surface area contributed by atoms with Gasteiger partial charge in [-0.05, 0) is 40.2 Å². The molecule has 3 rings (SSSR count). The number of carboxylic acids is 1. The zero-order chi connectivity index (χ0) is 22.0. The number of aromatic carboxylic acids is 1. The molecule has 4 N–H and O–H groups in total. The molecule has 1 amide bonds. The van der Waals surface area contributed by atoms with Gasteiger partial charge in [-0.15, -0.1) is 0 Å². The molecule has 0 aliphatic heterocycles. The number of carbonyl (C=O) groups is 2. The maximum Gasteiger partial charge on any atom is 0.335 e. The lowest BCUT2D eigenvalue weighted by Gasteiger charge is -2.13. The number of rotatable bonds is 7. The Morgan fingerprint density at radius 3 is 2.47 bits per heavy atom. The monoisotopic (exact) mass is 482 g/mol. The maximum atomic E-state index is 14.2. The van der Waals surface area contributed by atoms with Crippen LogP contribution >= 0.6 is 15.9 Å². The summed E-state index contributed by atoms with van der Waals surface area (Å²) >= 11 is 3.18. The van der Waals surface area contributed by atoms with Gasteiger partial charge in [-0.25, -0.2) is 18.6 Å². The smallest absolute Gasteiger partial charge is 0.335 e. The molecule has 30 heavy (non-hydrogen) atoms. The number of hydrogen-bond donors (Lipinski definition) is 3. The predicted molar refractivity (Wildman–Crippen MR) is 102 cm³/mol. The number of carboxylic acid groups (broad SMARTS) is 1. The van der Waals surface area contributed by atoms with Gasteiger partial charge in [-0.3, -0.25) is 4.79 Å². The summed E-state index contributed by atoms with van der Waals surface area (Å²) in [5, 5.41) is 19.0. The Balaban J connectivity index is 1.76. The van der Waals surface area contributed by atoms with E-state index in [1.165, 1.54) is 24.3 Å². The number of benzene rings is 2. The molecule has 0 aliphatic carbocycles. The third-order valence-corrected chi connectivity index (χ3v) is 4.49. The number of aromatic nitrogens is 1. The summed E-state index contributed by atoms with van der Waals surface area (Å²) in [6, 6.07) is 7.53. The summed E-state index contributed by atoms with van der Waals surface area (Å²) in [6.07, 6.45) is -1.95. The van der Waals surface area contributed by atoms with Crippen molar-refractivity contribution in [2.45, 2.75) is 12.7 Å². The molecule has 0 saturated heterocycles. The van der Waals surface area contributed by atoms with Crippen molar-refractivity contribution in [1.82, 2.24) is 4.98 Å². The molecule has 0 fully saturated rings. The third kappa shape index (κ3) is 4.47. The minimum absolute atomic E-state index is 0.0179. The lowest BCUT2D eigenvalue weighted by Crippen LogP contribution is -2.21. The van der Waals surface area contributed by atoms with Gasteiger partial charge in [0.25, 0.3) is 5.91 Å². The molecule has 11 heteroatoms. The van der Waals surface area contributed by atoms with Crippen molar-refractivity contribution in [3.8, 4) is 17.0 Å². The van der Waals surface area contributed by atoms with Crippen LogP contribution in [0.5, 0.6) is 5.75 Å². The second-order valence-corrected chi connectivity index (χ2v) is 6.71. The Labute approximate surface area is 176 Å². The SMILES string of the molecule is NC(=O)c1c(F)ccc(OC(O)Cc2nc(-c3ccc(C(=O)O)cc3)c(Br)o2)c1F. The van der Waals surface area contributed by atoms with E-state index in [2.05, 4.69) is 20.9 Å². The van der Waals surface area contributed by atoms with Gasteiger partial charge in [0.05, 0.1) is 12.0 Å². The number of aliphatic hydroxyl groups is 1. The van der Waals surface area contributed by atoms with E-state index in [-0.39, 0.29) is 22.5 Å². The molecule has 2 aromatic carbocycles. The number of oxazole rings is 1. The van der Waals surface area contributed by atoms with E-state index in [0.29, 0.717) is 11.3 Å². The Morgan fingerprint density at radius 2 is 1.87 bits per heavy atom. The second-order valence-electron chi connectivity index (χ2n) is 5.99. The van der Waals surface area contributed by atoms with Crippen LogP contribution in [0.25, 0.3) is 11.3 Å². The molecular formula is C19H13BrF2N2O6. The van der Waals surface area contributed by atoms with Crippen molar-refractivity contribution < 1.29 is 37.7 Å². The highest BCUT2D eigenvalue weighted by Crippen LogP contribution is 2.30. The van der Waals surface area contributed by atoms with E-state index >= 15 is 0 Å². The number of hydrogen-bond acceptors (Lipinski definition) is 6. The van der Waals surface area contributed by atoms with E-state index < -0.39 is 41.1 Å². The van der Waals surface area contributed by atoms with Crippen LogP contribution in [-0.4, -0.2) is 33.4 Å². The fraction of sp³-hybridized carbons (Fsp3) is 0.105. The molecule has 1 heterocycles. The fourth-order valence-corrected chi connectivity index (χ4v) is 3.07. The normalized spacial score (nSPS) is 11.9. The molecule has 8 nitrogen and oxygen atoms in total. The number of primary amides is 1. The number of amides is 1. The van der Waals surface area contributed by atoms with Crippen LogP contribution in [0.2, 0.25) is 0 Å². The van der Waals surface area contributed by atoms with Gasteiger partial charge < -0.3 is 25.1 Å². The summed E-state index contributed by atoms with van der Waals surface area (Å²) in [7, 11) is 0. The number of halogens is 3. The number of aliphatic hydroxyl groups excluding tert-OH is 1. The van der Waals surface area contributed by atoms with Crippen LogP contribution in [0.1, 0.15) is 26.6 Å². The first-order chi connectivity index (χ1) is 14.2. The number of ether oxygens (including phenoxy) is 1. The molecule has 0 spiro atoms. The first kappa shape index (κ1) is 21.4. The van der Waals surface area contributed by atoms with E-state index in [9.17, 15) is 23.5 Å². The standard InChI is InChI=1S/C19H13BrF2N2O6/c20-17-16(8-1-3-9(4-2-8)19(27)28)24-12(30-17)7-13(25)29-11-6-5-10(21)14(15(11)22)18(23)26/h1-6,13,25H,7H2,(H2,23,26)(H,27,28). The first-order valence-corrected chi connectivity index (χ1v) is 9.08. The molecule has 1 atom stereocenters. The average molecular weight is 483 g/mol. The van der Waals surface area contributed by atoms with Crippen LogP contribution in [0.4, 0.5) is 8.78 Å². The summed E-state index contributed by atoms with van der Waals surface area (Å²) in [5.41, 5.74) is 4.95. The molecule has 0 saturated carbocycles. The molecule has 1 unspecified atom stereocenters. The van der Waals surface area contributed by atoms with E-state index in [1.807, 2.05) is 0 Å². The zero-order valence-corrected chi connectivity index (χ0v) is 16.5. The number of nitrogens with zero attached hydrogens (tertiary/aromatic N) is 1. The summed E-state index contributed by atoms with van der Waals surface area (Å²) in [4.78, 5) is 26.3. The number of nitrogens with two attached hydrogens (primary N) is 1. The van der Waals surface area contributed by atoms with E-state index in [4.69, 9.17) is 20.0 Å². The fourth-order valence-electron chi connectivity index (χ4n) is 2.57. The van der Waals surface area contributed by atoms with Crippen LogP contribution in [0.15, 0.2) is 45.5 Å². The molecule has 156 valence electrons. The van der Waals surface area contributed by atoms with Gasteiger partial charge in [-0.2, -0.15) is 0 Å². The van der Waals surface area contributed by atoms with Gasteiger partial charge in [-0.1, -0.05) is 12.1 Å². The lowest BCUT2D eigenvalue weighted by atomic mass is 10.1. The predicted octanol–water partition coefficient (Wildman–Crippen LogP) is 3.12. The maximum absolute atomic E-state index is 14.2. The molecule has 3 aromatic rings. The quantitative estimate of drug-likeness (QED) is 0.440. The van der Waals surface area contributed by atoms with Crippen molar-refractivity contribution in [1.29, 1.82) is 0 Å². The molecular weight excluding hydrogens is 470 g/mol. The van der Waals surface area contributed by atoms with Crippen molar-refractivity contribution >= 4 is 27.8 Å². The lowest BCUT2D eigenvalue weighted by molar-refractivity contribution is -0.0229. The van der Waals surface area contributed by atoms with Crippen molar-refractivity contribution in [3.63, 3.8) is 0 Å². The van der Waals surface area contributed by atoms with Crippen molar-refractivity contribution in [3.05, 3.63) is 69.7 Å². The van der Waals surface area contributed by atoms with Crippen molar-refractivity contribution in [2.75, 3.05) is 0 Å². The first-order valence-electron chi connectivity index (χ1n) is 8.28. The number of carbonyl (C=O) groups excluding carboxylic acids is 1. The minimum Gasteiger partial charge on any atom is -0.478 e. The molecule has 0 bridgehead atoms. The van der Waals surface area contributed by atoms with E-state index in [1.54, 1.807) is 0 Å². The molecule has 1 aromatic heterocycles. The van der Waals surface area contributed by atoms with Gasteiger partial charge in [0, 0.05) is 5.56 Å². The Morgan fingerprint density at radius 1 is 1.20 bits per heavy atom. The van der Waals surface area contributed by atoms with Crippen LogP contribution in [0.3, 0.4) is 0 Å². The third-order valence-electron chi connectivity index (χ3n) is 3.95. The minimum atomic E-state index is -1.64. The van der Waals surface area contributed by atoms with Gasteiger partial charge in [0.2, 0.25) is 12.2 Å².